The van der Waals surface area contributed by atoms with Crippen LogP contribution in [0.5, 0.6) is 0 Å². The van der Waals surface area contributed by atoms with E-state index in [-0.39, 0.29) is 0 Å². The first-order chi connectivity index (χ1) is 9.60. The highest BCUT2D eigenvalue weighted by Gasteiger charge is 2.13. The molecule has 2 aromatic rings. The summed E-state index contributed by atoms with van der Waals surface area (Å²) in [6.07, 6.45) is 4.44. The molecule has 0 aliphatic rings. The molecule has 0 saturated carbocycles. The van der Waals surface area contributed by atoms with E-state index in [0.717, 1.165) is 45.5 Å². The second-order valence-corrected chi connectivity index (χ2v) is 7.09. The van der Waals surface area contributed by atoms with Crippen molar-refractivity contribution in [1.29, 1.82) is 0 Å². The molecule has 20 heavy (non-hydrogen) atoms. The number of unbranched alkanes of at least 4 members (excludes halogenated alkanes) is 2. The van der Waals surface area contributed by atoms with Crippen LogP contribution in [0.4, 0.5) is 0 Å². The van der Waals surface area contributed by atoms with Crippen molar-refractivity contribution in [3.05, 3.63) is 21.1 Å². The molecule has 0 saturated heterocycles. The van der Waals surface area contributed by atoms with Gasteiger partial charge in [0.2, 0.25) is 0 Å². The van der Waals surface area contributed by atoms with Crippen molar-refractivity contribution in [3.8, 4) is 10.6 Å². The molecule has 0 aliphatic heterocycles. The quantitative estimate of drug-likeness (QED) is 0.703. The lowest BCUT2D eigenvalue weighted by molar-refractivity contribution is -0.118. The number of aromatic nitrogens is 2. The number of aryl methyl sites for hydroxylation is 2. The number of thiazole rings is 2. The van der Waals surface area contributed by atoms with Gasteiger partial charge in [-0.15, -0.1) is 22.7 Å². The second kappa shape index (κ2) is 7.09. The van der Waals surface area contributed by atoms with Crippen molar-refractivity contribution in [1.82, 2.24) is 9.97 Å². The molecule has 108 valence electrons. The predicted octanol–water partition coefficient (Wildman–Crippen LogP) is 4.58. The fourth-order valence-electron chi connectivity index (χ4n) is 2.09. The minimum atomic E-state index is 0.302. The molecule has 2 heterocycles. The number of Topliss-reactive ketones (excluding diaryl/α,β-unsaturated/α-hetero) is 1. The van der Waals surface area contributed by atoms with Crippen molar-refractivity contribution in [2.45, 2.75) is 52.9 Å². The molecular weight excluding hydrogens is 288 g/mol. The normalized spacial score (nSPS) is 10.9. The van der Waals surface area contributed by atoms with Crippen molar-refractivity contribution in [3.63, 3.8) is 0 Å². The van der Waals surface area contributed by atoms with Gasteiger partial charge in [-0.3, -0.25) is 4.79 Å². The van der Waals surface area contributed by atoms with Crippen LogP contribution in [-0.4, -0.2) is 15.8 Å². The summed E-state index contributed by atoms with van der Waals surface area (Å²) < 4.78 is 0. The fraction of sp³-hybridized carbons (Fsp3) is 0.533. The van der Waals surface area contributed by atoms with Crippen LogP contribution >= 0.6 is 22.7 Å². The van der Waals surface area contributed by atoms with Gasteiger partial charge in [-0.05, 0) is 20.3 Å². The number of nitrogens with zero attached hydrogens (tertiary/aromatic N) is 2. The number of ketones is 1. The summed E-state index contributed by atoms with van der Waals surface area (Å²) in [4.78, 5) is 22.0. The zero-order valence-corrected chi connectivity index (χ0v) is 13.9. The molecule has 0 spiro atoms. The summed E-state index contributed by atoms with van der Waals surface area (Å²) in [5.74, 6) is 0.302. The highest BCUT2D eigenvalue weighted by atomic mass is 32.1. The lowest BCUT2D eigenvalue weighted by atomic mass is 10.1. The Labute approximate surface area is 128 Å². The number of carbonyl (C=O) groups excluding carboxylic acids is 1. The number of rotatable bonds is 7. The average molecular weight is 308 g/mol. The maximum Gasteiger partial charge on any atom is 0.139 e. The van der Waals surface area contributed by atoms with E-state index in [9.17, 15) is 4.79 Å². The molecule has 2 rings (SSSR count). The zero-order valence-electron chi connectivity index (χ0n) is 12.2. The fourth-order valence-corrected chi connectivity index (χ4v) is 3.86. The third kappa shape index (κ3) is 3.96. The van der Waals surface area contributed by atoms with Crippen molar-refractivity contribution >= 4 is 28.5 Å². The van der Waals surface area contributed by atoms with Gasteiger partial charge in [0.1, 0.15) is 10.8 Å². The molecule has 0 bridgehead atoms. The highest BCUT2D eigenvalue weighted by molar-refractivity contribution is 7.16. The van der Waals surface area contributed by atoms with Crippen LogP contribution in [0.3, 0.4) is 0 Å². The summed E-state index contributed by atoms with van der Waals surface area (Å²) >= 11 is 3.24. The smallest absolute Gasteiger partial charge is 0.139 e. The SMILES string of the molecule is CCCCCC(=O)Cc1nc(-c2sc(C)nc2C)cs1. The van der Waals surface area contributed by atoms with E-state index < -0.39 is 0 Å². The van der Waals surface area contributed by atoms with Gasteiger partial charge < -0.3 is 0 Å². The minimum Gasteiger partial charge on any atom is -0.299 e. The standard InChI is InChI=1S/C15H20N2OS2/c1-4-5-6-7-12(18)8-14-17-13(9-19-14)15-10(2)16-11(3)20-15/h9H,4-8H2,1-3H3. The number of carbonyl (C=O) groups is 1. The van der Waals surface area contributed by atoms with Gasteiger partial charge in [0.25, 0.3) is 0 Å². The van der Waals surface area contributed by atoms with E-state index in [2.05, 4.69) is 16.9 Å². The van der Waals surface area contributed by atoms with Gasteiger partial charge in [0.15, 0.2) is 0 Å². The van der Waals surface area contributed by atoms with Crippen LogP contribution < -0.4 is 0 Å². The Morgan fingerprint density at radius 3 is 2.70 bits per heavy atom. The van der Waals surface area contributed by atoms with Gasteiger partial charge in [0.05, 0.1) is 27.7 Å². The Balaban J connectivity index is 1.99. The summed E-state index contributed by atoms with van der Waals surface area (Å²) in [5.41, 5.74) is 1.99. The third-order valence-corrected chi connectivity index (χ3v) is 5.04. The molecule has 3 nitrogen and oxygen atoms in total. The molecule has 0 atom stereocenters. The Kier molecular flexibility index (Phi) is 5.43. The molecule has 0 fully saturated rings. The number of hydrogen-bond acceptors (Lipinski definition) is 5. The Bertz CT molecular complexity index is 586. The second-order valence-electron chi connectivity index (χ2n) is 4.95. The molecule has 0 amide bonds. The van der Waals surface area contributed by atoms with Crippen LogP contribution in [0.25, 0.3) is 10.6 Å². The van der Waals surface area contributed by atoms with Gasteiger partial charge >= 0.3 is 0 Å². The van der Waals surface area contributed by atoms with Gasteiger partial charge in [-0.2, -0.15) is 0 Å². The van der Waals surface area contributed by atoms with Crippen LogP contribution in [0.15, 0.2) is 5.38 Å². The van der Waals surface area contributed by atoms with E-state index in [1.54, 1.807) is 22.7 Å². The molecule has 0 unspecified atom stereocenters. The summed E-state index contributed by atoms with van der Waals surface area (Å²) in [6, 6.07) is 0. The molecule has 0 aliphatic carbocycles. The Morgan fingerprint density at radius 1 is 1.25 bits per heavy atom. The summed E-state index contributed by atoms with van der Waals surface area (Å²) in [5, 5.41) is 4.02. The summed E-state index contributed by atoms with van der Waals surface area (Å²) in [7, 11) is 0. The first-order valence-electron chi connectivity index (χ1n) is 7.00. The van der Waals surface area contributed by atoms with Gasteiger partial charge in [-0.1, -0.05) is 19.8 Å². The summed E-state index contributed by atoms with van der Waals surface area (Å²) in [6.45, 7) is 6.16. The van der Waals surface area contributed by atoms with Crippen LogP contribution in [-0.2, 0) is 11.2 Å². The van der Waals surface area contributed by atoms with Crippen LogP contribution in [0.2, 0.25) is 0 Å². The maximum atomic E-state index is 11.9. The lowest BCUT2D eigenvalue weighted by Gasteiger charge is -1.97. The van der Waals surface area contributed by atoms with E-state index in [0.29, 0.717) is 18.6 Å². The minimum absolute atomic E-state index is 0.302. The van der Waals surface area contributed by atoms with E-state index >= 15 is 0 Å². The van der Waals surface area contributed by atoms with E-state index in [1.165, 1.54) is 0 Å². The number of hydrogen-bond donors (Lipinski definition) is 0. The topological polar surface area (TPSA) is 42.9 Å². The van der Waals surface area contributed by atoms with Crippen molar-refractivity contribution < 1.29 is 4.79 Å². The van der Waals surface area contributed by atoms with E-state index in [1.807, 2.05) is 19.2 Å². The largest absolute Gasteiger partial charge is 0.299 e. The molecule has 0 N–H and O–H groups in total. The third-order valence-electron chi connectivity index (χ3n) is 3.10. The van der Waals surface area contributed by atoms with Crippen LogP contribution in [0.1, 0.15) is 48.3 Å². The molecule has 5 heteroatoms. The monoisotopic (exact) mass is 308 g/mol. The van der Waals surface area contributed by atoms with Crippen molar-refractivity contribution in [2.24, 2.45) is 0 Å². The highest BCUT2D eigenvalue weighted by Crippen LogP contribution is 2.30. The van der Waals surface area contributed by atoms with Gasteiger partial charge in [0, 0.05) is 11.8 Å². The maximum absolute atomic E-state index is 11.9. The predicted molar refractivity (Wildman–Crippen MR) is 85.5 cm³/mol. The first kappa shape index (κ1) is 15.3. The van der Waals surface area contributed by atoms with E-state index in [4.69, 9.17) is 0 Å². The lowest BCUT2D eigenvalue weighted by Crippen LogP contribution is -2.02. The Hall–Kier alpha value is -1.07. The molecular formula is C15H20N2OS2. The molecule has 2 aromatic heterocycles. The first-order valence-corrected chi connectivity index (χ1v) is 8.70. The zero-order chi connectivity index (χ0) is 14.5. The Morgan fingerprint density at radius 2 is 2.05 bits per heavy atom. The van der Waals surface area contributed by atoms with Crippen molar-refractivity contribution in [2.75, 3.05) is 0 Å². The molecule has 0 radical (unpaired) electrons. The van der Waals surface area contributed by atoms with Crippen LogP contribution in [0, 0.1) is 13.8 Å². The van der Waals surface area contributed by atoms with Gasteiger partial charge in [-0.25, -0.2) is 9.97 Å². The average Bonchev–Trinajstić information content (AvgIpc) is 2.96. The molecule has 0 aromatic carbocycles.